The lowest BCUT2D eigenvalue weighted by Gasteiger charge is -2.10. The van der Waals surface area contributed by atoms with E-state index in [4.69, 9.17) is 27.9 Å². The van der Waals surface area contributed by atoms with Gasteiger partial charge in [-0.1, -0.05) is 53.5 Å². The zero-order valence-electron chi connectivity index (χ0n) is 13.5. The van der Waals surface area contributed by atoms with Gasteiger partial charge in [0, 0.05) is 6.54 Å². The topological polar surface area (TPSA) is 72.5 Å². The van der Waals surface area contributed by atoms with Gasteiger partial charge < -0.3 is 4.74 Å². The van der Waals surface area contributed by atoms with Crippen LogP contribution in [0.2, 0.25) is 10.0 Å². The van der Waals surface area contributed by atoms with Crippen LogP contribution in [0.25, 0.3) is 0 Å². The number of benzene rings is 2. The first kappa shape index (κ1) is 19.7. The second-order valence-electron chi connectivity index (χ2n) is 5.29. The molecule has 0 aliphatic heterocycles. The summed E-state index contributed by atoms with van der Waals surface area (Å²) in [6.45, 7) is 1.95. The first-order chi connectivity index (χ1) is 11.8. The van der Waals surface area contributed by atoms with Crippen LogP contribution in [-0.2, 0) is 26.2 Å². The van der Waals surface area contributed by atoms with Crippen molar-refractivity contribution in [3.8, 4) is 0 Å². The summed E-state index contributed by atoms with van der Waals surface area (Å²) in [5, 5.41) is 0.0317. The Morgan fingerprint density at radius 2 is 1.72 bits per heavy atom. The first-order valence-electron chi connectivity index (χ1n) is 7.45. The number of hydrogen-bond acceptors (Lipinski definition) is 4. The summed E-state index contributed by atoms with van der Waals surface area (Å²) in [5.74, 6) is -0.504. The number of rotatable bonds is 7. The average molecular weight is 402 g/mol. The molecule has 0 saturated carbocycles. The molecule has 0 fully saturated rings. The summed E-state index contributed by atoms with van der Waals surface area (Å²) in [6.07, 6.45) is -0.104. The quantitative estimate of drug-likeness (QED) is 0.717. The van der Waals surface area contributed by atoms with Crippen LogP contribution in [0.3, 0.4) is 0 Å². The third-order valence-corrected chi connectivity index (χ3v) is 5.87. The molecule has 0 saturated heterocycles. The van der Waals surface area contributed by atoms with E-state index in [1.807, 2.05) is 31.2 Å². The van der Waals surface area contributed by atoms with E-state index in [0.717, 1.165) is 11.1 Å². The highest BCUT2D eigenvalue weighted by molar-refractivity contribution is 7.89. The summed E-state index contributed by atoms with van der Waals surface area (Å²) in [7, 11) is -3.91. The molecule has 8 heteroatoms. The van der Waals surface area contributed by atoms with Crippen molar-refractivity contribution in [2.75, 3.05) is 6.54 Å². The second-order valence-corrected chi connectivity index (χ2v) is 7.80. The van der Waals surface area contributed by atoms with E-state index in [9.17, 15) is 13.2 Å². The maximum atomic E-state index is 12.2. The fourth-order valence-electron chi connectivity index (χ4n) is 2.10. The largest absolute Gasteiger partial charge is 0.461 e. The number of carbonyl (C=O) groups excluding carboxylic acids is 1. The van der Waals surface area contributed by atoms with E-state index >= 15 is 0 Å². The SMILES string of the molecule is Cc1ccccc1COC(=O)CCNS(=O)(=O)c1c(Cl)cccc1Cl. The average Bonchev–Trinajstić information content (AvgIpc) is 2.53. The van der Waals surface area contributed by atoms with Gasteiger partial charge in [0.25, 0.3) is 0 Å². The third kappa shape index (κ3) is 5.44. The molecular formula is C17H17Cl2NO4S. The molecule has 0 amide bonds. The Balaban J connectivity index is 1.87. The molecule has 0 atom stereocenters. The fourth-order valence-corrected chi connectivity index (χ4v) is 4.27. The molecule has 2 rings (SSSR count). The number of halogens is 2. The predicted octanol–water partition coefficient (Wildman–Crippen LogP) is 3.71. The Kier molecular flexibility index (Phi) is 6.84. The Morgan fingerprint density at radius 3 is 2.36 bits per heavy atom. The van der Waals surface area contributed by atoms with Gasteiger partial charge >= 0.3 is 5.97 Å². The molecule has 0 aliphatic rings. The zero-order chi connectivity index (χ0) is 18.4. The van der Waals surface area contributed by atoms with Crippen molar-refractivity contribution in [3.05, 3.63) is 63.6 Å². The summed E-state index contributed by atoms with van der Waals surface area (Å²) in [6, 6.07) is 12.0. The van der Waals surface area contributed by atoms with Gasteiger partial charge in [0.1, 0.15) is 11.5 Å². The number of carbonyl (C=O) groups is 1. The molecule has 0 heterocycles. The lowest BCUT2D eigenvalue weighted by atomic mass is 10.1. The Labute approximate surface area is 157 Å². The molecule has 0 aliphatic carbocycles. The lowest BCUT2D eigenvalue weighted by molar-refractivity contribution is -0.144. The molecule has 5 nitrogen and oxygen atoms in total. The van der Waals surface area contributed by atoms with Crippen molar-refractivity contribution in [3.63, 3.8) is 0 Å². The van der Waals surface area contributed by atoms with E-state index < -0.39 is 16.0 Å². The normalized spacial score (nSPS) is 11.3. The number of hydrogen-bond donors (Lipinski definition) is 1. The van der Waals surface area contributed by atoms with E-state index in [-0.39, 0.29) is 34.5 Å². The molecule has 2 aromatic carbocycles. The summed E-state index contributed by atoms with van der Waals surface area (Å²) < 4.78 is 31.9. The van der Waals surface area contributed by atoms with Crippen molar-refractivity contribution in [1.29, 1.82) is 0 Å². The van der Waals surface area contributed by atoms with Crippen molar-refractivity contribution < 1.29 is 17.9 Å². The minimum Gasteiger partial charge on any atom is -0.461 e. The number of sulfonamides is 1. The molecule has 0 bridgehead atoms. The van der Waals surface area contributed by atoms with Gasteiger partial charge in [-0.05, 0) is 30.2 Å². The van der Waals surface area contributed by atoms with Gasteiger partial charge in [-0.25, -0.2) is 13.1 Å². The highest BCUT2D eigenvalue weighted by Crippen LogP contribution is 2.28. The number of esters is 1. The first-order valence-corrected chi connectivity index (χ1v) is 9.69. The molecule has 0 aromatic heterocycles. The number of nitrogens with one attached hydrogen (secondary N) is 1. The zero-order valence-corrected chi connectivity index (χ0v) is 15.8. The van der Waals surface area contributed by atoms with Gasteiger partial charge in [-0.15, -0.1) is 0 Å². The van der Waals surface area contributed by atoms with Crippen LogP contribution in [0.1, 0.15) is 17.5 Å². The van der Waals surface area contributed by atoms with E-state index in [1.165, 1.54) is 12.1 Å². The van der Waals surface area contributed by atoms with Gasteiger partial charge in [-0.2, -0.15) is 0 Å². The molecule has 2 aromatic rings. The van der Waals surface area contributed by atoms with Gasteiger partial charge in [-0.3, -0.25) is 4.79 Å². The molecule has 1 N–H and O–H groups in total. The van der Waals surface area contributed by atoms with Gasteiger partial charge in [0.2, 0.25) is 10.0 Å². The maximum Gasteiger partial charge on any atom is 0.307 e. The van der Waals surface area contributed by atoms with E-state index in [2.05, 4.69) is 4.72 Å². The minimum absolute atomic E-state index is 0.0159. The van der Waals surface area contributed by atoms with Crippen molar-refractivity contribution in [2.24, 2.45) is 0 Å². The van der Waals surface area contributed by atoms with Crippen molar-refractivity contribution in [2.45, 2.75) is 24.8 Å². The highest BCUT2D eigenvalue weighted by atomic mass is 35.5. The lowest BCUT2D eigenvalue weighted by Crippen LogP contribution is -2.27. The molecular weight excluding hydrogens is 385 g/mol. The van der Waals surface area contributed by atoms with Crippen LogP contribution in [-0.4, -0.2) is 20.9 Å². The monoisotopic (exact) mass is 401 g/mol. The molecule has 25 heavy (non-hydrogen) atoms. The van der Waals surface area contributed by atoms with E-state index in [0.29, 0.717) is 0 Å². The Morgan fingerprint density at radius 1 is 1.08 bits per heavy atom. The van der Waals surface area contributed by atoms with Crippen LogP contribution >= 0.6 is 23.2 Å². The molecule has 134 valence electrons. The third-order valence-electron chi connectivity index (χ3n) is 3.46. The van der Waals surface area contributed by atoms with Crippen molar-refractivity contribution in [1.82, 2.24) is 4.72 Å². The fraction of sp³-hybridized carbons (Fsp3) is 0.235. The maximum absolute atomic E-state index is 12.2. The standard InChI is InChI=1S/C17H17Cl2NO4S/c1-12-5-2-3-6-13(12)11-24-16(21)9-10-20-25(22,23)17-14(18)7-4-8-15(17)19/h2-8,20H,9-11H2,1H3. The van der Waals surface area contributed by atoms with E-state index in [1.54, 1.807) is 6.07 Å². The molecule has 0 unspecified atom stereocenters. The van der Waals surface area contributed by atoms with Gasteiger partial charge in [0.05, 0.1) is 16.5 Å². The van der Waals surface area contributed by atoms with Crippen molar-refractivity contribution >= 4 is 39.2 Å². The van der Waals surface area contributed by atoms with Gasteiger partial charge in [0.15, 0.2) is 0 Å². The second kappa shape index (κ2) is 8.67. The Hall–Kier alpha value is -1.60. The number of ether oxygens (including phenoxy) is 1. The molecule has 0 spiro atoms. The Bertz CT molecular complexity index is 848. The highest BCUT2D eigenvalue weighted by Gasteiger charge is 2.21. The minimum atomic E-state index is -3.91. The summed E-state index contributed by atoms with van der Waals surface area (Å²) in [4.78, 5) is 11.6. The van der Waals surface area contributed by atoms with Crippen LogP contribution in [0.4, 0.5) is 0 Å². The summed E-state index contributed by atoms with van der Waals surface area (Å²) >= 11 is 11.8. The van der Waals surface area contributed by atoms with Crippen LogP contribution in [0, 0.1) is 6.92 Å². The smallest absolute Gasteiger partial charge is 0.307 e. The van der Waals surface area contributed by atoms with Crippen LogP contribution < -0.4 is 4.72 Å². The molecule has 0 radical (unpaired) electrons. The summed E-state index contributed by atoms with van der Waals surface area (Å²) in [5.41, 5.74) is 1.92. The van der Waals surface area contributed by atoms with Crippen LogP contribution in [0.5, 0.6) is 0 Å². The number of aryl methyl sites for hydroxylation is 1. The predicted molar refractivity (Wildman–Crippen MR) is 97.2 cm³/mol. The van der Waals surface area contributed by atoms with Crippen LogP contribution in [0.15, 0.2) is 47.4 Å².